The van der Waals surface area contributed by atoms with Crippen molar-refractivity contribution >= 4 is 32.8 Å². The number of methoxy groups -OCH3 is 1. The summed E-state index contributed by atoms with van der Waals surface area (Å²) in [6.45, 7) is -2.58. The molecule has 0 saturated carbocycles. The van der Waals surface area contributed by atoms with Crippen LogP contribution in [0.4, 0.5) is 8.78 Å². The van der Waals surface area contributed by atoms with Crippen molar-refractivity contribution < 1.29 is 27.5 Å². The summed E-state index contributed by atoms with van der Waals surface area (Å²) in [7, 11) is 1.37. The Balaban J connectivity index is 1.61. The van der Waals surface area contributed by atoms with Crippen LogP contribution in [0.5, 0.6) is 11.5 Å². The molecule has 1 heterocycles. The quantitative estimate of drug-likeness (QED) is 0.575. The molecule has 0 unspecified atom stereocenters. The topological polar surface area (TPSA) is 60.7 Å². The van der Waals surface area contributed by atoms with Gasteiger partial charge in [0, 0.05) is 11.9 Å². The predicted molar refractivity (Wildman–Crippen MR) is 99.6 cm³/mol. The van der Waals surface area contributed by atoms with Crippen LogP contribution in [0.15, 0.2) is 51.4 Å². The van der Waals surface area contributed by atoms with Crippen LogP contribution in [-0.4, -0.2) is 26.2 Å². The number of ether oxygens (including phenoxy) is 2. The standard InChI is InChI=1S/C19H16BrF2NO4/c1-25-15-9-11(5-6-14(15)27-19(21)22)7-8-23-18(24)16-10-12-3-2-4-13(20)17(12)26-16/h2-6,9-10,19H,7-8H2,1H3,(H,23,24). The van der Waals surface area contributed by atoms with Crippen molar-refractivity contribution in [2.75, 3.05) is 13.7 Å². The smallest absolute Gasteiger partial charge is 0.387 e. The molecule has 1 aromatic heterocycles. The molecule has 0 fully saturated rings. The summed E-state index contributed by atoms with van der Waals surface area (Å²) in [5, 5.41) is 3.60. The Morgan fingerprint density at radius 2 is 2.04 bits per heavy atom. The Bertz CT molecular complexity index is 958. The summed E-state index contributed by atoms with van der Waals surface area (Å²) in [5.74, 6) is 0.0623. The first-order chi connectivity index (χ1) is 13.0. The summed E-state index contributed by atoms with van der Waals surface area (Å²) in [6.07, 6.45) is 0.487. The van der Waals surface area contributed by atoms with Crippen molar-refractivity contribution in [2.45, 2.75) is 13.0 Å². The van der Waals surface area contributed by atoms with E-state index in [4.69, 9.17) is 9.15 Å². The minimum atomic E-state index is -2.92. The van der Waals surface area contributed by atoms with Crippen molar-refractivity contribution in [1.82, 2.24) is 5.32 Å². The molecular weight excluding hydrogens is 424 g/mol. The Morgan fingerprint density at radius 3 is 2.74 bits per heavy atom. The molecule has 3 aromatic rings. The summed E-state index contributed by atoms with van der Waals surface area (Å²) >= 11 is 3.38. The number of amides is 1. The Hall–Kier alpha value is -2.61. The number of benzene rings is 2. The van der Waals surface area contributed by atoms with E-state index in [0.29, 0.717) is 18.5 Å². The van der Waals surface area contributed by atoms with Crippen LogP contribution in [0.2, 0.25) is 0 Å². The van der Waals surface area contributed by atoms with Crippen molar-refractivity contribution in [3.05, 3.63) is 58.3 Å². The lowest BCUT2D eigenvalue weighted by Crippen LogP contribution is -2.25. The Labute approximate surface area is 162 Å². The van der Waals surface area contributed by atoms with E-state index in [1.54, 1.807) is 18.2 Å². The number of carbonyl (C=O) groups excluding carboxylic acids is 1. The average Bonchev–Trinajstić information content (AvgIpc) is 3.08. The fraction of sp³-hybridized carbons (Fsp3) is 0.211. The van der Waals surface area contributed by atoms with E-state index in [9.17, 15) is 13.6 Å². The van der Waals surface area contributed by atoms with Crippen LogP contribution >= 0.6 is 15.9 Å². The van der Waals surface area contributed by atoms with Gasteiger partial charge in [-0.2, -0.15) is 8.78 Å². The van der Waals surface area contributed by atoms with Crippen LogP contribution in [0.3, 0.4) is 0 Å². The highest BCUT2D eigenvalue weighted by Gasteiger charge is 2.14. The van der Waals surface area contributed by atoms with Crippen molar-refractivity contribution in [1.29, 1.82) is 0 Å². The molecule has 27 heavy (non-hydrogen) atoms. The third-order valence-electron chi connectivity index (χ3n) is 3.86. The molecule has 8 heteroatoms. The minimum absolute atomic E-state index is 0.0341. The van der Waals surface area contributed by atoms with E-state index in [1.165, 1.54) is 13.2 Å². The van der Waals surface area contributed by atoms with E-state index in [0.717, 1.165) is 15.4 Å². The second-order valence-electron chi connectivity index (χ2n) is 5.64. The highest BCUT2D eigenvalue weighted by molar-refractivity contribution is 9.10. The monoisotopic (exact) mass is 439 g/mol. The number of rotatable bonds is 7. The maximum absolute atomic E-state index is 12.4. The predicted octanol–water partition coefficient (Wildman–Crippen LogP) is 4.78. The zero-order valence-electron chi connectivity index (χ0n) is 14.3. The van der Waals surface area contributed by atoms with E-state index < -0.39 is 6.61 Å². The molecule has 0 bridgehead atoms. The lowest BCUT2D eigenvalue weighted by atomic mass is 10.1. The first kappa shape index (κ1) is 19.2. The number of hydrogen-bond acceptors (Lipinski definition) is 4. The fourth-order valence-corrected chi connectivity index (χ4v) is 3.07. The minimum Gasteiger partial charge on any atom is -0.493 e. The van der Waals surface area contributed by atoms with Crippen molar-refractivity contribution in [3.63, 3.8) is 0 Å². The maximum atomic E-state index is 12.4. The maximum Gasteiger partial charge on any atom is 0.387 e. The molecule has 142 valence electrons. The lowest BCUT2D eigenvalue weighted by Gasteiger charge is -2.11. The lowest BCUT2D eigenvalue weighted by molar-refractivity contribution is -0.0512. The number of halogens is 3. The molecule has 1 N–H and O–H groups in total. The first-order valence-corrected chi connectivity index (χ1v) is 8.85. The van der Waals surface area contributed by atoms with E-state index >= 15 is 0 Å². The summed E-state index contributed by atoms with van der Waals surface area (Å²) in [5.41, 5.74) is 1.42. The number of para-hydroxylation sites is 1. The number of fused-ring (bicyclic) bond motifs is 1. The van der Waals surface area contributed by atoms with Crippen molar-refractivity contribution in [3.8, 4) is 11.5 Å². The molecule has 1 amide bonds. The van der Waals surface area contributed by atoms with E-state index in [1.807, 2.05) is 18.2 Å². The average molecular weight is 440 g/mol. The molecule has 5 nitrogen and oxygen atoms in total. The summed E-state index contributed by atoms with van der Waals surface area (Å²) in [4.78, 5) is 12.3. The number of nitrogens with one attached hydrogen (secondary N) is 1. The third kappa shape index (κ3) is 4.57. The van der Waals surface area contributed by atoms with E-state index in [-0.39, 0.29) is 23.2 Å². The Morgan fingerprint density at radius 1 is 1.22 bits per heavy atom. The van der Waals surface area contributed by atoms with Gasteiger partial charge < -0.3 is 19.2 Å². The number of alkyl halides is 2. The van der Waals surface area contributed by atoms with Crippen LogP contribution in [0, 0.1) is 0 Å². The summed E-state index contributed by atoms with van der Waals surface area (Å²) < 4.78 is 40.5. The van der Waals surface area contributed by atoms with Crippen LogP contribution in [0.25, 0.3) is 11.0 Å². The van der Waals surface area contributed by atoms with Gasteiger partial charge in [-0.3, -0.25) is 4.79 Å². The van der Waals surface area contributed by atoms with Gasteiger partial charge in [0.1, 0.15) is 5.58 Å². The number of hydrogen-bond donors (Lipinski definition) is 1. The largest absolute Gasteiger partial charge is 0.493 e. The van der Waals surface area contributed by atoms with Gasteiger partial charge in [0.2, 0.25) is 0 Å². The molecule has 3 rings (SSSR count). The van der Waals surface area contributed by atoms with Gasteiger partial charge in [0.25, 0.3) is 5.91 Å². The highest BCUT2D eigenvalue weighted by Crippen LogP contribution is 2.30. The number of carbonyl (C=O) groups is 1. The molecule has 0 aliphatic rings. The zero-order chi connectivity index (χ0) is 19.4. The molecule has 0 saturated heterocycles. The zero-order valence-corrected chi connectivity index (χ0v) is 15.9. The summed E-state index contributed by atoms with van der Waals surface area (Å²) in [6, 6.07) is 11.9. The van der Waals surface area contributed by atoms with Crippen LogP contribution in [0.1, 0.15) is 16.1 Å². The SMILES string of the molecule is COc1cc(CCNC(=O)c2cc3cccc(Br)c3o2)ccc1OC(F)F. The highest BCUT2D eigenvalue weighted by atomic mass is 79.9. The van der Waals surface area contributed by atoms with Gasteiger partial charge in [0.15, 0.2) is 17.3 Å². The van der Waals surface area contributed by atoms with Crippen molar-refractivity contribution in [2.24, 2.45) is 0 Å². The van der Waals surface area contributed by atoms with Gasteiger partial charge in [-0.15, -0.1) is 0 Å². The van der Waals surface area contributed by atoms with Gasteiger partial charge in [0.05, 0.1) is 11.6 Å². The van der Waals surface area contributed by atoms with Gasteiger partial charge in [-0.25, -0.2) is 0 Å². The molecular formula is C19H16BrF2NO4. The molecule has 0 spiro atoms. The fourth-order valence-electron chi connectivity index (χ4n) is 2.61. The number of furan rings is 1. The van der Waals surface area contributed by atoms with Crippen LogP contribution < -0.4 is 14.8 Å². The molecule has 0 aliphatic heterocycles. The van der Waals surface area contributed by atoms with E-state index in [2.05, 4.69) is 26.0 Å². The molecule has 0 radical (unpaired) electrons. The van der Waals surface area contributed by atoms with Crippen LogP contribution in [-0.2, 0) is 6.42 Å². The third-order valence-corrected chi connectivity index (χ3v) is 4.49. The first-order valence-electron chi connectivity index (χ1n) is 8.06. The van der Waals surface area contributed by atoms with Gasteiger partial charge in [-0.1, -0.05) is 18.2 Å². The normalized spacial score (nSPS) is 11.0. The molecule has 2 aromatic carbocycles. The molecule has 0 aliphatic carbocycles. The second kappa shape index (κ2) is 8.39. The van der Waals surface area contributed by atoms with Gasteiger partial charge in [-0.05, 0) is 52.2 Å². The Kier molecular flexibility index (Phi) is 5.95. The van der Waals surface area contributed by atoms with Gasteiger partial charge >= 0.3 is 6.61 Å². The molecule has 0 atom stereocenters. The second-order valence-corrected chi connectivity index (χ2v) is 6.49.